The Bertz CT molecular complexity index is 961. The van der Waals surface area contributed by atoms with Gasteiger partial charge in [-0.3, -0.25) is 4.79 Å². The first-order valence-corrected chi connectivity index (χ1v) is 10.2. The highest BCUT2D eigenvalue weighted by molar-refractivity contribution is 5.89. The molecule has 1 heterocycles. The molecule has 1 aliphatic heterocycles. The van der Waals surface area contributed by atoms with Crippen LogP contribution < -0.4 is 0 Å². The Morgan fingerprint density at radius 1 is 0.879 bits per heavy atom. The van der Waals surface area contributed by atoms with Crippen LogP contribution in [0.15, 0.2) is 66.8 Å². The minimum atomic E-state index is -4.53. The molecule has 1 aliphatic rings. The summed E-state index contributed by atoms with van der Waals surface area (Å²) < 4.78 is 77.4. The maximum absolute atomic E-state index is 12.9. The number of rotatable bonds is 4. The van der Waals surface area contributed by atoms with E-state index in [1.807, 2.05) is 0 Å². The fourth-order valence-electron chi connectivity index (χ4n) is 3.52. The van der Waals surface area contributed by atoms with Gasteiger partial charge in [0.05, 0.1) is 17.2 Å². The Morgan fingerprint density at radius 3 is 1.79 bits per heavy atom. The number of alkyl halides is 6. The van der Waals surface area contributed by atoms with Crippen LogP contribution in [0.4, 0.5) is 26.3 Å². The highest BCUT2D eigenvalue weighted by Gasteiger charge is 2.31. The van der Waals surface area contributed by atoms with E-state index in [0.29, 0.717) is 36.1 Å². The number of allylic oxidation sites excluding steroid dienone is 2. The summed E-state index contributed by atoms with van der Waals surface area (Å²) in [6.07, 6.45) is -4.26. The third kappa shape index (κ3) is 6.47. The smallest absolute Gasteiger partial charge is 0.391 e. The second-order valence-corrected chi connectivity index (χ2v) is 7.67. The van der Waals surface area contributed by atoms with E-state index in [2.05, 4.69) is 0 Å². The van der Waals surface area contributed by atoms with Crippen LogP contribution in [0.5, 0.6) is 0 Å². The van der Waals surface area contributed by atoms with Crippen molar-refractivity contribution in [3.8, 4) is 0 Å². The molecule has 33 heavy (non-hydrogen) atoms. The van der Waals surface area contributed by atoms with Crippen molar-refractivity contribution in [2.24, 2.45) is 0 Å². The monoisotopic (exact) mass is 469 g/mol. The molecule has 1 unspecified atom stereocenters. The van der Waals surface area contributed by atoms with Crippen LogP contribution in [0.1, 0.15) is 35.1 Å². The van der Waals surface area contributed by atoms with E-state index in [1.165, 1.54) is 47.4 Å². The lowest BCUT2D eigenvalue weighted by atomic mass is 9.95. The fraction of sp³-hybridized carbons (Fsp3) is 0.292. The molecule has 1 saturated heterocycles. The summed E-state index contributed by atoms with van der Waals surface area (Å²) in [5.41, 5.74) is -0.679. The van der Waals surface area contributed by atoms with E-state index in [-0.39, 0.29) is 12.5 Å². The number of amides is 1. The van der Waals surface area contributed by atoms with Gasteiger partial charge in [0.2, 0.25) is 5.91 Å². The molecule has 3 rings (SSSR count). The molecular weight excluding hydrogens is 448 g/mol. The van der Waals surface area contributed by atoms with Crippen LogP contribution in [0.25, 0.3) is 5.57 Å². The summed E-state index contributed by atoms with van der Waals surface area (Å²) >= 11 is 0. The lowest BCUT2D eigenvalue weighted by molar-refractivity contribution is -0.138. The summed E-state index contributed by atoms with van der Waals surface area (Å²) in [5.74, 6) is -0.343. The maximum atomic E-state index is 12.9. The van der Waals surface area contributed by atoms with Gasteiger partial charge in [-0.15, -0.1) is 0 Å². The predicted molar refractivity (Wildman–Crippen MR) is 111 cm³/mol. The molecule has 1 N–H and O–H groups in total. The maximum Gasteiger partial charge on any atom is 0.416 e. The number of likely N-dealkylation sites (tertiary alicyclic amines) is 1. The number of hydrogen-bond donors (Lipinski definition) is 1. The van der Waals surface area contributed by atoms with Crippen LogP contribution in [-0.4, -0.2) is 35.1 Å². The number of piperidine rings is 1. The first-order chi connectivity index (χ1) is 15.4. The Labute approximate surface area is 186 Å². The van der Waals surface area contributed by atoms with Gasteiger partial charge in [0.25, 0.3) is 0 Å². The highest BCUT2D eigenvalue weighted by atomic mass is 19.4. The van der Waals surface area contributed by atoms with Crippen LogP contribution in [0.3, 0.4) is 0 Å². The molecular formula is C24H21F6NO2. The third-order valence-electron chi connectivity index (χ3n) is 5.26. The third-order valence-corrected chi connectivity index (χ3v) is 5.26. The lowest BCUT2D eigenvalue weighted by Gasteiger charge is -2.29. The van der Waals surface area contributed by atoms with Gasteiger partial charge in [-0.1, -0.05) is 36.4 Å². The van der Waals surface area contributed by atoms with Gasteiger partial charge in [0.15, 0.2) is 0 Å². The summed E-state index contributed by atoms with van der Waals surface area (Å²) in [5, 5.41) is 9.71. The topological polar surface area (TPSA) is 40.5 Å². The number of aliphatic hydroxyl groups is 1. The van der Waals surface area contributed by atoms with Crippen molar-refractivity contribution in [3.63, 3.8) is 0 Å². The number of benzene rings is 2. The van der Waals surface area contributed by atoms with Crippen molar-refractivity contribution in [2.45, 2.75) is 31.3 Å². The second kappa shape index (κ2) is 9.82. The van der Waals surface area contributed by atoms with E-state index in [0.717, 1.165) is 24.3 Å². The number of halogens is 6. The molecule has 9 heteroatoms. The molecule has 2 aromatic rings. The molecule has 0 radical (unpaired) electrons. The number of carbonyl (C=O) groups is 1. The van der Waals surface area contributed by atoms with Crippen LogP contribution in [0.2, 0.25) is 0 Å². The molecule has 176 valence electrons. The standard InChI is InChI=1S/C24H21F6NO2/c25-23(26,27)18-10-6-16(7-11-18)21(17-8-12-19(13-9-17)24(28,29)30)4-1-5-22(33)31-14-2-3-20(32)15-31/h1,4-13,20,32H,2-3,14-15H2/b5-1+. The molecule has 3 nitrogen and oxygen atoms in total. The quantitative estimate of drug-likeness (QED) is 0.355. The van der Waals surface area contributed by atoms with Gasteiger partial charge in [0.1, 0.15) is 0 Å². The minimum absolute atomic E-state index is 0.206. The van der Waals surface area contributed by atoms with Gasteiger partial charge >= 0.3 is 12.4 Å². The first kappa shape index (κ1) is 24.6. The van der Waals surface area contributed by atoms with Crippen molar-refractivity contribution in [1.29, 1.82) is 0 Å². The first-order valence-electron chi connectivity index (χ1n) is 10.2. The predicted octanol–water partition coefficient (Wildman–Crippen LogP) is 5.70. The van der Waals surface area contributed by atoms with E-state index in [4.69, 9.17) is 0 Å². The number of nitrogens with zero attached hydrogens (tertiary/aromatic N) is 1. The molecule has 1 fully saturated rings. The summed E-state index contributed by atoms with van der Waals surface area (Å²) in [6.45, 7) is 0.701. The Kier molecular flexibility index (Phi) is 7.31. The zero-order chi connectivity index (χ0) is 24.2. The fourth-order valence-corrected chi connectivity index (χ4v) is 3.52. The van der Waals surface area contributed by atoms with Gasteiger partial charge in [-0.2, -0.15) is 26.3 Å². The number of β-amino-alcohol motifs (C(OH)–C–C–N with tert-alkyl or cyclic N) is 1. The van der Waals surface area contributed by atoms with Gasteiger partial charge in [-0.05, 0) is 53.8 Å². The average molecular weight is 469 g/mol. The molecule has 0 spiro atoms. The molecule has 1 atom stereocenters. The van der Waals surface area contributed by atoms with E-state index < -0.39 is 29.6 Å². The van der Waals surface area contributed by atoms with Crippen LogP contribution >= 0.6 is 0 Å². The van der Waals surface area contributed by atoms with Crippen molar-refractivity contribution in [2.75, 3.05) is 13.1 Å². The Hall–Kier alpha value is -3.07. The Balaban J connectivity index is 1.92. The molecule has 0 aromatic heterocycles. The SMILES string of the molecule is O=C(/C=C/C=C(c1ccc(C(F)(F)F)cc1)c1ccc(C(F)(F)F)cc1)N1CCCC(O)C1. The van der Waals surface area contributed by atoms with Crippen molar-refractivity contribution < 1.29 is 36.2 Å². The minimum Gasteiger partial charge on any atom is -0.391 e. The number of hydrogen-bond acceptors (Lipinski definition) is 2. The molecule has 2 aromatic carbocycles. The summed E-state index contributed by atoms with van der Waals surface area (Å²) in [4.78, 5) is 13.8. The average Bonchev–Trinajstić information content (AvgIpc) is 2.76. The summed E-state index contributed by atoms with van der Waals surface area (Å²) in [6, 6.07) is 8.45. The normalized spacial score (nSPS) is 17.3. The summed E-state index contributed by atoms with van der Waals surface area (Å²) in [7, 11) is 0. The zero-order valence-electron chi connectivity index (χ0n) is 17.3. The zero-order valence-corrected chi connectivity index (χ0v) is 17.3. The molecule has 0 aliphatic carbocycles. The highest BCUT2D eigenvalue weighted by Crippen LogP contribution is 2.33. The molecule has 1 amide bonds. The number of carbonyl (C=O) groups excluding carboxylic acids is 1. The van der Waals surface area contributed by atoms with Crippen molar-refractivity contribution in [3.05, 3.63) is 89.0 Å². The van der Waals surface area contributed by atoms with Crippen molar-refractivity contribution in [1.82, 2.24) is 4.90 Å². The molecule has 0 bridgehead atoms. The lowest BCUT2D eigenvalue weighted by Crippen LogP contribution is -2.41. The van der Waals surface area contributed by atoms with E-state index in [9.17, 15) is 36.2 Å². The Morgan fingerprint density at radius 2 is 1.36 bits per heavy atom. The van der Waals surface area contributed by atoms with E-state index >= 15 is 0 Å². The van der Waals surface area contributed by atoms with Crippen LogP contribution in [0, 0.1) is 0 Å². The largest absolute Gasteiger partial charge is 0.416 e. The van der Waals surface area contributed by atoms with Gasteiger partial charge < -0.3 is 10.0 Å². The van der Waals surface area contributed by atoms with Crippen LogP contribution in [-0.2, 0) is 17.1 Å². The molecule has 0 saturated carbocycles. The van der Waals surface area contributed by atoms with Gasteiger partial charge in [-0.25, -0.2) is 0 Å². The van der Waals surface area contributed by atoms with Crippen molar-refractivity contribution >= 4 is 11.5 Å². The number of aliphatic hydroxyl groups excluding tert-OH is 1. The van der Waals surface area contributed by atoms with E-state index in [1.54, 1.807) is 0 Å². The van der Waals surface area contributed by atoms with Gasteiger partial charge in [0, 0.05) is 19.2 Å². The second-order valence-electron chi connectivity index (χ2n) is 7.67.